The van der Waals surface area contributed by atoms with E-state index in [1.54, 1.807) is 43.3 Å². The van der Waals surface area contributed by atoms with Gasteiger partial charge in [0, 0.05) is 16.6 Å². The molecule has 0 atom stereocenters. The van der Waals surface area contributed by atoms with Crippen LogP contribution >= 0.6 is 0 Å². The molecule has 3 aromatic carbocycles. The van der Waals surface area contributed by atoms with Crippen molar-refractivity contribution in [3.8, 4) is 16.9 Å². The first-order valence-electron chi connectivity index (χ1n) is 9.68. The van der Waals surface area contributed by atoms with Gasteiger partial charge >= 0.3 is 0 Å². The molecular weight excluding hydrogens is 417 g/mol. The van der Waals surface area contributed by atoms with Gasteiger partial charge < -0.3 is 0 Å². The molecule has 0 fully saturated rings. The Kier molecular flexibility index (Phi) is 5.32. The molecule has 1 N–H and O–H groups in total. The molecule has 31 heavy (non-hydrogen) atoms. The molecule has 1 aromatic heterocycles. The van der Waals surface area contributed by atoms with E-state index in [0.717, 1.165) is 5.56 Å². The van der Waals surface area contributed by atoms with E-state index in [1.165, 1.54) is 28.9 Å². The lowest BCUT2D eigenvalue weighted by Crippen LogP contribution is -2.22. The first-order chi connectivity index (χ1) is 14.8. The number of anilines is 1. The molecule has 6 nitrogen and oxygen atoms in total. The molecule has 0 aliphatic heterocycles. The highest BCUT2D eigenvalue weighted by atomic mass is 32.2. The summed E-state index contributed by atoms with van der Waals surface area (Å²) in [6.45, 7) is 3.45. The Hall–Kier alpha value is -3.52. The molecule has 4 aromatic rings. The van der Waals surface area contributed by atoms with Crippen LogP contribution in [0.3, 0.4) is 0 Å². The lowest BCUT2D eigenvalue weighted by molar-refractivity contribution is 0.602. The van der Waals surface area contributed by atoms with E-state index in [1.807, 2.05) is 13.0 Å². The maximum atomic E-state index is 13.4. The van der Waals surface area contributed by atoms with Crippen LogP contribution < -0.4 is 10.3 Å². The second-order valence-electron chi connectivity index (χ2n) is 7.13. The Morgan fingerprint density at radius 3 is 2.45 bits per heavy atom. The van der Waals surface area contributed by atoms with Crippen LogP contribution in [0.15, 0.2) is 71.5 Å². The normalized spacial score (nSPS) is 11.6. The van der Waals surface area contributed by atoms with Gasteiger partial charge in [0.2, 0.25) is 10.0 Å². The summed E-state index contributed by atoms with van der Waals surface area (Å²) in [7, 11) is -3.45. The number of hydrogen-bond donors (Lipinski definition) is 1. The fourth-order valence-corrected chi connectivity index (χ4v) is 4.04. The highest BCUT2D eigenvalue weighted by Gasteiger charge is 2.16. The van der Waals surface area contributed by atoms with Crippen LogP contribution in [0.2, 0.25) is 0 Å². The maximum absolute atomic E-state index is 13.4. The summed E-state index contributed by atoms with van der Waals surface area (Å²) in [5.41, 5.74) is 2.54. The summed E-state index contributed by atoms with van der Waals surface area (Å²) in [5, 5.41) is 5.74. The Morgan fingerprint density at radius 1 is 1.03 bits per heavy atom. The van der Waals surface area contributed by atoms with Gasteiger partial charge in [0.15, 0.2) is 0 Å². The highest BCUT2D eigenvalue weighted by molar-refractivity contribution is 7.92. The van der Waals surface area contributed by atoms with Gasteiger partial charge in [-0.05, 0) is 61.9 Å². The van der Waals surface area contributed by atoms with Crippen LogP contribution in [0.4, 0.5) is 10.1 Å². The van der Waals surface area contributed by atoms with E-state index >= 15 is 0 Å². The lowest BCUT2D eigenvalue weighted by Gasteiger charge is -2.14. The number of aromatic nitrogens is 2. The summed E-state index contributed by atoms with van der Waals surface area (Å²) >= 11 is 0. The van der Waals surface area contributed by atoms with Gasteiger partial charge in [-0.15, -0.1) is 0 Å². The van der Waals surface area contributed by atoms with E-state index in [0.29, 0.717) is 33.4 Å². The minimum Gasteiger partial charge on any atom is -0.284 e. The monoisotopic (exact) mass is 437 g/mol. The summed E-state index contributed by atoms with van der Waals surface area (Å²) < 4.78 is 41.2. The fourth-order valence-electron chi connectivity index (χ4n) is 3.41. The molecule has 0 saturated heterocycles. The number of aryl methyl sites for hydroxylation is 1. The summed E-state index contributed by atoms with van der Waals surface area (Å²) in [6.07, 6.45) is 0. The number of fused-ring (bicyclic) bond motifs is 1. The van der Waals surface area contributed by atoms with Gasteiger partial charge in [-0.1, -0.05) is 24.3 Å². The van der Waals surface area contributed by atoms with Crippen molar-refractivity contribution < 1.29 is 12.8 Å². The number of benzene rings is 3. The zero-order valence-corrected chi connectivity index (χ0v) is 17.8. The van der Waals surface area contributed by atoms with Gasteiger partial charge in [-0.2, -0.15) is 9.78 Å². The number of halogens is 1. The summed E-state index contributed by atoms with van der Waals surface area (Å²) in [4.78, 5) is 13.2. The van der Waals surface area contributed by atoms with Crippen LogP contribution in [0.25, 0.3) is 27.7 Å². The molecule has 0 spiro atoms. The quantitative estimate of drug-likeness (QED) is 0.506. The molecule has 0 unspecified atom stereocenters. The van der Waals surface area contributed by atoms with Crippen molar-refractivity contribution >= 4 is 26.5 Å². The van der Waals surface area contributed by atoms with Crippen LogP contribution in [0.5, 0.6) is 0 Å². The average molecular weight is 437 g/mol. The predicted molar refractivity (Wildman–Crippen MR) is 121 cm³/mol. The molecule has 0 bridgehead atoms. The molecular formula is C23H20FN3O3S. The van der Waals surface area contributed by atoms with Crippen LogP contribution in [0.1, 0.15) is 12.5 Å². The summed E-state index contributed by atoms with van der Waals surface area (Å²) in [5.74, 6) is -0.461. The van der Waals surface area contributed by atoms with E-state index in [9.17, 15) is 17.6 Å². The van der Waals surface area contributed by atoms with Gasteiger partial charge in [0.25, 0.3) is 5.56 Å². The van der Waals surface area contributed by atoms with Crippen molar-refractivity contribution in [2.75, 3.05) is 10.5 Å². The standard InChI is InChI=1S/C23H20FN3O3S/c1-3-31(29,30)26-18-8-5-7-16(14-18)22-21-15(2)6-4-9-20(21)23(28)27(25-22)19-12-10-17(24)11-13-19/h4-14,26H,3H2,1-2H3. The van der Waals surface area contributed by atoms with Crippen LogP contribution in [-0.4, -0.2) is 24.0 Å². The number of nitrogens with zero attached hydrogens (tertiary/aromatic N) is 2. The van der Waals surface area contributed by atoms with Crippen molar-refractivity contribution in [1.82, 2.24) is 9.78 Å². The number of hydrogen-bond acceptors (Lipinski definition) is 4. The fraction of sp³-hybridized carbons (Fsp3) is 0.130. The first-order valence-corrected chi connectivity index (χ1v) is 11.3. The molecule has 8 heteroatoms. The van der Waals surface area contributed by atoms with Gasteiger partial charge in [-0.25, -0.2) is 12.8 Å². The minimum absolute atomic E-state index is 0.0486. The molecule has 4 rings (SSSR count). The van der Waals surface area contributed by atoms with Gasteiger partial charge in [-0.3, -0.25) is 9.52 Å². The topological polar surface area (TPSA) is 81.1 Å². The van der Waals surface area contributed by atoms with Crippen molar-refractivity contribution in [2.24, 2.45) is 0 Å². The zero-order chi connectivity index (χ0) is 22.2. The van der Waals surface area contributed by atoms with Crippen molar-refractivity contribution in [3.05, 3.63) is 88.5 Å². The largest absolute Gasteiger partial charge is 0.284 e. The highest BCUT2D eigenvalue weighted by Crippen LogP contribution is 2.30. The second kappa shape index (κ2) is 7.96. The third kappa shape index (κ3) is 4.06. The number of nitrogens with one attached hydrogen (secondary N) is 1. The smallest absolute Gasteiger partial charge is 0.279 e. The molecule has 0 aliphatic rings. The van der Waals surface area contributed by atoms with Gasteiger partial charge in [0.05, 0.1) is 22.5 Å². The molecule has 0 aliphatic carbocycles. The van der Waals surface area contributed by atoms with E-state index < -0.39 is 15.8 Å². The summed E-state index contributed by atoms with van der Waals surface area (Å²) in [6, 6.07) is 17.8. The predicted octanol–water partition coefficient (Wildman–Crippen LogP) is 4.26. The van der Waals surface area contributed by atoms with Gasteiger partial charge in [0.1, 0.15) is 5.82 Å². The maximum Gasteiger partial charge on any atom is 0.279 e. The van der Waals surface area contributed by atoms with Crippen LogP contribution in [-0.2, 0) is 10.0 Å². The molecule has 0 saturated carbocycles. The molecule has 0 radical (unpaired) electrons. The molecule has 158 valence electrons. The Bertz CT molecular complexity index is 1450. The molecule has 1 heterocycles. The zero-order valence-electron chi connectivity index (χ0n) is 17.0. The first kappa shape index (κ1) is 20.7. The third-order valence-electron chi connectivity index (χ3n) is 4.99. The number of rotatable bonds is 5. The van der Waals surface area contributed by atoms with Crippen molar-refractivity contribution in [2.45, 2.75) is 13.8 Å². The number of sulfonamides is 1. The third-order valence-corrected chi connectivity index (χ3v) is 6.30. The van der Waals surface area contributed by atoms with Crippen molar-refractivity contribution in [1.29, 1.82) is 0 Å². The Balaban J connectivity index is 1.99. The second-order valence-corrected chi connectivity index (χ2v) is 9.14. The van der Waals surface area contributed by atoms with E-state index in [-0.39, 0.29) is 11.3 Å². The van der Waals surface area contributed by atoms with E-state index in [2.05, 4.69) is 9.82 Å². The van der Waals surface area contributed by atoms with E-state index in [4.69, 9.17) is 0 Å². The Labute approximate surface area is 179 Å². The average Bonchev–Trinajstić information content (AvgIpc) is 2.75. The van der Waals surface area contributed by atoms with Crippen LogP contribution in [0, 0.1) is 12.7 Å². The lowest BCUT2D eigenvalue weighted by atomic mass is 10.0. The molecule has 0 amide bonds. The van der Waals surface area contributed by atoms with Crippen molar-refractivity contribution in [3.63, 3.8) is 0 Å². The SMILES string of the molecule is CCS(=O)(=O)Nc1cccc(-c2nn(-c3ccc(F)cc3)c(=O)c3cccc(C)c23)c1. The Morgan fingerprint density at radius 2 is 1.74 bits per heavy atom. The minimum atomic E-state index is -3.45.